The Bertz CT molecular complexity index is 1060. The molecule has 0 saturated heterocycles. The Balaban J connectivity index is 2.02. The number of nitro benzene ring substituents is 1. The fraction of sp³-hybridized carbons (Fsp3) is 0.176. The molecule has 0 atom stereocenters. The number of non-ortho nitro benzene ring substituents is 1. The molecular weight excluding hydrogens is 372 g/mol. The molecule has 0 spiro atoms. The average Bonchev–Trinajstić information content (AvgIpc) is 2.93. The summed E-state index contributed by atoms with van der Waals surface area (Å²) in [7, 11) is 1.55. The molecule has 0 fully saturated rings. The van der Waals surface area contributed by atoms with Gasteiger partial charge in [0.15, 0.2) is 0 Å². The number of hydrogen-bond acceptors (Lipinski definition) is 8. The van der Waals surface area contributed by atoms with Gasteiger partial charge < -0.3 is 20.9 Å². The van der Waals surface area contributed by atoms with Crippen LogP contribution in [0.5, 0.6) is 5.75 Å². The molecule has 3 N–H and O–H groups in total. The van der Waals surface area contributed by atoms with Crippen LogP contribution in [-0.4, -0.2) is 22.9 Å². The van der Waals surface area contributed by atoms with Crippen LogP contribution in [0.3, 0.4) is 0 Å². The molecule has 10 heteroatoms. The smallest absolute Gasteiger partial charge is 0.271 e. The quantitative estimate of drug-likeness (QED) is 0.506. The number of amides is 1. The molecule has 27 heavy (non-hydrogen) atoms. The van der Waals surface area contributed by atoms with Crippen molar-refractivity contribution in [1.29, 1.82) is 0 Å². The Hall–Kier alpha value is -3.24. The number of pyridine rings is 1. The maximum atomic E-state index is 12.6. The molecule has 0 unspecified atom stereocenters. The van der Waals surface area contributed by atoms with Gasteiger partial charge in [0.2, 0.25) is 0 Å². The summed E-state index contributed by atoms with van der Waals surface area (Å²) >= 11 is 1.08. The Labute approximate surface area is 157 Å². The molecule has 3 rings (SSSR count). The molecule has 9 nitrogen and oxygen atoms in total. The number of ether oxygens (including phenoxy) is 1. The van der Waals surface area contributed by atoms with Crippen molar-refractivity contribution in [1.82, 2.24) is 4.98 Å². The minimum Gasteiger partial charge on any atom is -0.871 e. The van der Waals surface area contributed by atoms with E-state index in [0.29, 0.717) is 16.8 Å². The lowest BCUT2D eigenvalue weighted by atomic mass is 10.1. The Kier molecular flexibility index (Phi) is 4.93. The summed E-state index contributed by atoms with van der Waals surface area (Å²) < 4.78 is 5.18. The van der Waals surface area contributed by atoms with Crippen molar-refractivity contribution >= 4 is 44.5 Å². The summed E-state index contributed by atoms with van der Waals surface area (Å²) in [6.07, 6.45) is 0. The number of hydrogen-bond donors (Lipinski definition) is 2. The van der Waals surface area contributed by atoms with E-state index in [1.165, 1.54) is 0 Å². The first-order chi connectivity index (χ1) is 12.8. The van der Waals surface area contributed by atoms with Crippen LogP contribution in [0.1, 0.15) is 20.9 Å². The van der Waals surface area contributed by atoms with Crippen molar-refractivity contribution in [2.45, 2.75) is 13.5 Å². The van der Waals surface area contributed by atoms with Gasteiger partial charge in [-0.25, -0.2) is 4.98 Å². The number of rotatable bonds is 5. The van der Waals surface area contributed by atoms with E-state index >= 15 is 0 Å². The van der Waals surface area contributed by atoms with Gasteiger partial charge in [0.1, 0.15) is 9.71 Å². The van der Waals surface area contributed by atoms with Crippen LogP contribution in [0, 0.1) is 17.0 Å². The number of nitrogens with zero attached hydrogens (tertiary/aromatic N) is 2. The second-order valence-electron chi connectivity index (χ2n) is 5.77. The minimum atomic E-state index is -0.646. The standard InChI is InChI=1S/C17H16N4O5S/c1-8-5-9(7-26-2)13-14(18)15(27-17(13)19-8)16(23)20-11-6-10(21(24)25)3-4-12(11)22/h3-6,22H,7,18H2,1-2H3,(H,20,23)/p-1. The van der Waals surface area contributed by atoms with Gasteiger partial charge in [0.25, 0.3) is 11.6 Å². The molecular formula is C17H15N4O5S-. The van der Waals surface area contributed by atoms with Crippen LogP contribution in [-0.2, 0) is 11.3 Å². The van der Waals surface area contributed by atoms with E-state index in [0.717, 1.165) is 40.8 Å². The SMILES string of the molecule is COCc1cc(C)nc2sc(C(=O)Nc3cc([N+](=O)[O-])ccc3[O-])c(N)c12. The first-order valence-electron chi connectivity index (χ1n) is 7.76. The van der Waals surface area contributed by atoms with Crippen molar-refractivity contribution in [2.75, 3.05) is 18.2 Å². The topological polar surface area (TPSA) is 143 Å². The predicted molar refractivity (Wildman–Crippen MR) is 100.0 cm³/mol. The van der Waals surface area contributed by atoms with E-state index in [2.05, 4.69) is 10.3 Å². The van der Waals surface area contributed by atoms with Gasteiger partial charge in [-0.3, -0.25) is 14.9 Å². The van der Waals surface area contributed by atoms with E-state index in [-0.39, 0.29) is 21.9 Å². The number of nitrogens with one attached hydrogen (secondary N) is 1. The molecule has 1 amide bonds. The highest BCUT2D eigenvalue weighted by Gasteiger charge is 2.21. The number of aryl methyl sites for hydroxylation is 1. The molecule has 2 aromatic heterocycles. The number of thiophene rings is 1. The van der Waals surface area contributed by atoms with E-state index in [1.54, 1.807) is 7.11 Å². The average molecular weight is 387 g/mol. The molecule has 0 aliphatic carbocycles. The summed E-state index contributed by atoms with van der Waals surface area (Å²) in [5.41, 5.74) is 7.45. The maximum absolute atomic E-state index is 12.6. The Morgan fingerprint density at radius 2 is 2.15 bits per heavy atom. The van der Waals surface area contributed by atoms with Crippen LogP contribution in [0.25, 0.3) is 10.2 Å². The molecule has 140 valence electrons. The summed E-state index contributed by atoms with van der Waals surface area (Å²) in [4.78, 5) is 28.0. The van der Waals surface area contributed by atoms with Crippen LogP contribution >= 0.6 is 11.3 Å². The molecule has 0 radical (unpaired) electrons. The number of methoxy groups -OCH3 is 1. The van der Waals surface area contributed by atoms with Crippen molar-refractivity contribution in [2.24, 2.45) is 0 Å². The minimum absolute atomic E-state index is 0.173. The van der Waals surface area contributed by atoms with Gasteiger partial charge in [-0.15, -0.1) is 11.3 Å². The number of nitro groups is 1. The van der Waals surface area contributed by atoms with Gasteiger partial charge in [0, 0.05) is 36.0 Å². The van der Waals surface area contributed by atoms with Gasteiger partial charge in [-0.05, 0) is 18.6 Å². The lowest BCUT2D eigenvalue weighted by molar-refractivity contribution is -0.385. The predicted octanol–water partition coefficient (Wildman–Crippen LogP) is 2.57. The van der Waals surface area contributed by atoms with E-state index in [4.69, 9.17) is 10.5 Å². The number of fused-ring (bicyclic) bond motifs is 1. The molecule has 0 aliphatic rings. The zero-order chi connectivity index (χ0) is 19.7. The Morgan fingerprint density at radius 3 is 2.81 bits per heavy atom. The molecule has 0 aliphatic heterocycles. The van der Waals surface area contributed by atoms with Crippen molar-refractivity contribution < 1.29 is 19.6 Å². The van der Waals surface area contributed by atoms with Crippen LogP contribution in [0.2, 0.25) is 0 Å². The van der Waals surface area contributed by atoms with E-state index < -0.39 is 16.6 Å². The first kappa shape index (κ1) is 18.5. The highest BCUT2D eigenvalue weighted by atomic mass is 32.1. The lowest BCUT2D eigenvalue weighted by Crippen LogP contribution is -2.13. The van der Waals surface area contributed by atoms with Gasteiger partial charge in [0.05, 0.1) is 17.2 Å². The summed E-state index contributed by atoms with van der Waals surface area (Å²) in [6, 6.07) is 4.95. The second kappa shape index (κ2) is 7.17. The number of carbonyl (C=O) groups is 1. The largest absolute Gasteiger partial charge is 0.871 e. The normalized spacial score (nSPS) is 10.9. The number of anilines is 2. The first-order valence-corrected chi connectivity index (χ1v) is 8.57. The molecule has 0 saturated carbocycles. The van der Waals surface area contributed by atoms with E-state index in [9.17, 15) is 20.0 Å². The third-order valence-corrected chi connectivity index (χ3v) is 4.94. The highest BCUT2D eigenvalue weighted by Crippen LogP contribution is 2.36. The highest BCUT2D eigenvalue weighted by molar-refractivity contribution is 7.21. The third kappa shape index (κ3) is 3.52. The molecule has 1 aromatic carbocycles. The number of benzene rings is 1. The van der Waals surface area contributed by atoms with E-state index in [1.807, 2.05) is 13.0 Å². The summed E-state index contributed by atoms with van der Waals surface area (Å²) in [5, 5.41) is 25.8. The second-order valence-corrected chi connectivity index (χ2v) is 6.77. The van der Waals surface area contributed by atoms with Gasteiger partial charge in [-0.2, -0.15) is 0 Å². The zero-order valence-corrected chi connectivity index (χ0v) is 15.3. The Morgan fingerprint density at radius 1 is 1.41 bits per heavy atom. The number of carbonyl (C=O) groups excluding carboxylic acids is 1. The fourth-order valence-corrected chi connectivity index (χ4v) is 3.77. The van der Waals surface area contributed by atoms with Crippen molar-refractivity contribution in [3.8, 4) is 5.75 Å². The fourth-order valence-electron chi connectivity index (χ4n) is 2.68. The van der Waals surface area contributed by atoms with Crippen LogP contribution < -0.4 is 16.2 Å². The number of nitrogen functional groups attached to an aromatic ring is 1. The zero-order valence-electron chi connectivity index (χ0n) is 14.4. The number of nitrogens with two attached hydrogens (primary N) is 1. The number of aromatic nitrogens is 1. The van der Waals surface area contributed by atoms with Crippen LogP contribution in [0.4, 0.5) is 17.1 Å². The van der Waals surface area contributed by atoms with Gasteiger partial charge in [-0.1, -0.05) is 11.8 Å². The maximum Gasteiger partial charge on any atom is 0.271 e. The monoisotopic (exact) mass is 387 g/mol. The van der Waals surface area contributed by atoms with Crippen LogP contribution in [0.15, 0.2) is 24.3 Å². The molecule has 2 heterocycles. The van der Waals surface area contributed by atoms with Crippen molar-refractivity contribution in [3.05, 3.63) is 50.5 Å². The lowest BCUT2D eigenvalue weighted by Gasteiger charge is -2.13. The summed E-state index contributed by atoms with van der Waals surface area (Å²) in [5.74, 6) is -1.17. The van der Waals surface area contributed by atoms with Crippen molar-refractivity contribution in [3.63, 3.8) is 0 Å². The summed E-state index contributed by atoms with van der Waals surface area (Å²) in [6.45, 7) is 2.12. The molecule has 0 bridgehead atoms. The van der Waals surface area contributed by atoms with Gasteiger partial charge >= 0.3 is 0 Å². The third-order valence-electron chi connectivity index (χ3n) is 3.84. The molecule has 3 aromatic rings.